The lowest BCUT2D eigenvalue weighted by atomic mass is 10.1. The van der Waals surface area contributed by atoms with Gasteiger partial charge in [-0.05, 0) is 72.7 Å². The van der Waals surface area contributed by atoms with E-state index in [9.17, 15) is 9.59 Å². The Morgan fingerprint density at radius 3 is 2.50 bits per heavy atom. The Balaban J connectivity index is 1.49. The van der Waals surface area contributed by atoms with Crippen LogP contribution in [0.3, 0.4) is 0 Å². The van der Waals surface area contributed by atoms with Gasteiger partial charge in [0.05, 0.1) is 10.6 Å². The van der Waals surface area contributed by atoms with E-state index >= 15 is 0 Å². The van der Waals surface area contributed by atoms with Crippen LogP contribution in [0, 0.1) is 0 Å². The van der Waals surface area contributed by atoms with E-state index < -0.39 is 0 Å². The van der Waals surface area contributed by atoms with Crippen LogP contribution in [0.1, 0.15) is 28.4 Å². The average Bonchev–Trinajstić information content (AvgIpc) is 3.06. The van der Waals surface area contributed by atoms with E-state index in [1.807, 2.05) is 48.5 Å². The van der Waals surface area contributed by atoms with Crippen LogP contribution in [-0.4, -0.2) is 16.0 Å². The quantitative estimate of drug-likeness (QED) is 0.228. The molecule has 1 saturated heterocycles. The highest BCUT2D eigenvalue weighted by Crippen LogP contribution is 2.36. The summed E-state index contributed by atoms with van der Waals surface area (Å²) < 4.78 is 6.33. The first-order valence-electron chi connectivity index (χ1n) is 9.77. The van der Waals surface area contributed by atoms with E-state index in [4.69, 9.17) is 28.6 Å². The molecule has 160 valence electrons. The van der Waals surface area contributed by atoms with Gasteiger partial charge in [-0.2, -0.15) is 0 Å². The second-order valence-corrected chi connectivity index (χ2v) is 9.22. The molecule has 0 N–H and O–H groups in total. The molecule has 3 aromatic carbocycles. The first-order valence-corrected chi connectivity index (χ1v) is 11.4. The predicted octanol–water partition coefficient (Wildman–Crippen LogP) is 6.53. The van der Waals surface area contributed by atoms with E-state index in [0.29, 0.717) is 37.9 Å². The van der Waals surface area contributed by atoms with Gasteiger partial charge in [0.2, 0.25) is 0 Å². The third kappa shape index (κ3) is 5.10. The maximum Gasteiger partial charge on any atom is 0.270 e. The Morgan fingerprint density at radius 1 is 1.09 bits per heavy atom. The Morgan fingerprint density at radius 2 is 1.81 bits per heavy atom. The third-order valence-electron chi connectivity index (χ3n) is 4.80. The van der Waals surface area contributed by atoms with Crippen molar-refractivity contribution in [3.8, 4) is 5.75 Å². The van der Waals surface area contributed by atoms with Crippen molar-refractivity contribution in [2.75, 3.05) is 4.90 Å². The van der Waals surface area contributed by atoms with Gasteiger partial charge in [0, 0.05) is 10.6 Å². The second kappa shape index (κ2) is 9.69. The molecule has 1 aliphatic rings. The smallest absolute Gasteiger partial charge is 0.270 e. The fraction of sp³-hybridized carbons (Fsp3) is 0.0800. The largest absolute Gasteiger partial charge is 0.489 e. The van der Waals surface area contributed by atoms with Crippen LogP contribution in [-0.2, 0) is 11.4 Å². The lowest BCUT2D eigenvalue weighted by Gasteiger charge is -2.14. The number of halogens is 1. The number of carbonyl (C=O) groups excluding carboxylic acids is 2. The Labute approximate surface area is 200 Å². The molecule has 4 rings (SSSR count). The van der Waals surface area contributed by atoms with Crippen molar-refractivity contribution in [2.45, 2.75) is 13.5 Å². The number of anilines is 1. The van der Waals surface area contributed by atoms with Crippen molar-refractivity contribution in [1.29, 1.82) is 0 Å². The van der Waals surface area contributed by atoms with Crippen molar-refractivity contribution in [3.05, 3.63) is 99.4 Å². The molecule has 4 nitrogen and oxygen atoms in total. The predicted molar refractivity (Wildman–Crippen MR) is 134 cm³/mol. The fourth-order valence-corrected chi connectivity index (χ4v) is 4.55. The molecule has 0 saturated carbocycles. The first kappa shape index (κ1) is 22.3. The van der Waals surface area contributed by atoms with Crippen LogP contribution in [0.5, 0.6) is 5.75 Å². The van der Waals surface area contributed by atoms with Gasteiger partial charge < -0.3 is 4.74 Å². The number of ketones is 1. The number of thiocarbonyl (C=S) groups is 1. The van der Waals surface area contributed by atoms with Gasteiger partial charge in [-0.1, -0.05) is 59.8 Å². The van der Waals surface area contributed by atoms with Crippen molar-refractivity contribution < 1.29 is 14.3 Å². The zero-order chi connectivity index (χ0) is 22.7. The summed E-state index contributed by atoms with van der Waals surface area (Å²) in [7, 11) is 0. The maximum atomic E-state index is 13.0. The summed E-state index contributed by atoms with van der Waals surface area (Å²) in [4.78, 5) is 26.5. The summed E-state index contributed by atoms with van der Waals surface area (Å²) in [6, 6.07) is 21.9. The van der Waals surface area contributed by atoms with Crippen LogP contribution < -0.4 is 9.64 Å². The van der Waals surface area contributed by atoms with Gasteiger partial charge in [0.25, 0.3) is 5.91 Å². The summed E-state index contributed by atoms with van der Waals surface area (Å²) in [5.74, 6) is 0.479. The van der Waals surface area contributed by atoms with Gasteiger partial charge in [0.15, 0.2) is 10.1 Å². The molecule has 32 heavy (non-hydrogen) atoms. The summed E-state index contributed by atoms with van der Waals surface area (Å²) in [6.45, 7) is 1.92. The number of carbonyl (C=O) groups is 2. The standard InChI is InChI=1S/C25H18ClNO3S2/c1-16(28)19-7-11-21(12-8-19)27-24(29)23(32-25(27)31)14-18-3-2-4-22(13-18)30-15-17-5-9-20(26)10-6-17/h2-14H,15H2,1H3/b23-14-. The summed E-state index contributed by atoms with van der Waals surface area (Å²) in [5.41, 5.74) is 3.08. The highest BCUT2D eigenvalue weighted by atomic mass is 35.5. The number of thioether (sulfide) groups is 1. The third-order valence-corrected chi connectivity index (χ3v) is 6.35. The van der Waals surface area contributed by atoms with Crippen molar-refractivity contribution in [2.24, 2.45) is 0 Å². The van der Waals surface area contributed by atoms with Gasteiger partial charge in [-0.25, -0.2) is 0 Å². The van der Waals surface area contributed by atoms with E-state index in [-0.39, 0.29) is 11.7 Å². The van der Waals surface area contributed by atoms with Crippen molar-refractivity contribution in [1.82, 2.24) is 0 Å². The van der Waals surface area contributed by atoms with Crippen molar-refractivity contribution >= 4 is 63.4 Å². The van der Waals surface area contributed by atoms with Crippen LogP contribution in [0.4, 0.5) is 5.69 Å². The summed E-state index contributed by atoms with van der Waals surface area (Å²) >= 11 is 12.6. The highest BCUT2D eigenvalue weighted by Gasteiger charge is 2.33. The first-order chi connectivity index (χ1) is 15.4. The zero-order valence-electron chi connectivity index (χ0n) is 17.1. The number of benzene rings is 3. The normalized spacial score (nSPS) is 14.8. The topological polar surface area (TPSA) is 46.6 Å². The number of ether oxygens (including phenoxy) is 1. The Kier molecular flexibility index (Phi) is 6.74. The fourth-order valence-electron chi connectivity index (χ4n) is 3.13. The number of hydrogen-bond acceptors (Lipinski definition) is 5. The van der Waals surface area contributed by atoms with E-state index in [1.165, 1.54) is 23.6 Å². The summed E-state index contributed by atoms with van der Waals surface area (Å²) in [6.07, 6.45) is 1.80. The Bertz CT molecular complexity index is 1220. The number of Topliss-reactive ketones (excluding diaryl/α,β-unsaturated/α-hetero) is 1. The van der Waals surface area contributed by atoms with E-state index in [1.54, 1.807) is 30.3 Å². The molecule has 0 unspecified atom stereocenters. The number of rotatable bonds is 6. The summed E-state index contributed by atoms with van der Waals surface area (Å²) in [5, 5.41) is 0.683. The van der Waals surface area contributed by atoms with Gasteiger partial charge >= 0.3 is 0 Å². The van der Waals surface area contributed by atoms with Gasteiger partial charge in [0.1, 0.15) is 12.4 Å². The molecule has 1 aliphatic heterocycles. The molecule has 7 heteroatoms. The molecule has 0 aromatic heterocycles. The molecule has 1 amide bonds. The second-order valence-electron chi connectivity index (χ2n) is 7.11. The molecule has 0 atom stereocenters. The minimum atomic E-state index is -0.192. The minimum Gasteiger partial charge on any atom is -0.489 e. The monoisotopic (exact) mass is 479 g/mol. The molecule has 0 spiro atoms. The molecule has 0 bridgehead atoms. The molecular formula is C25H18ClNO3S2. The molecule has 3 aromatic rings. The number of hydrogen-bond donors (Lipinski definition) is 0. The van der Waals surface area contributed by atoms with Crippen LogP contribution in [0.2, 0.25) is 5.02 Å². The maximum absolute atomic E-state index is 13.0. The van der Waals surface area contributed by atoms with Crippen LogP contribution in [0.25, 0.3) is 6.08 Å². The van der Waals surface area contributed by atoms with E-state index in [0.717, 1.165) is 11.1 Å². The van der Waals surface area contributed by atoms with E-state index in [2.05, 4.69) is 0 Å². The van der Waals surface area contributed by atoms with Gasteiger partial charge in [-0.3, -0.25) is 14.5 Å². The molecular weight excluding hydrogens is 462 g/mol. The number of nitrogens with zero attached hydrogens (tertiary/aromatic N) is 1. The van der Waals surface area contributed by atoms with Gasteiger partial charge in [-0.15, -0.1) is 0 Å². The minimum absolute atomic E-state index is 0.0278. The zero-order valence-corrected chi connectivity index (χ0v) is 19.5. The molecule has 0 radical (unpaired) electrons. The van der Waals surface area contributed by atoms with Crippen LogP contribution >= 0.6 is 35.6 Å². The lowest BCUT2D eigenvalue weighted by molar-refractivity contribution is -0.113. The van der Waals surface area contributed by atoms with Crippen molar-refractivity contribution in [3.63, 3.8) is 0 Å². The molecule has 1 fully saturated rings. The highest BCUT2D eigenvalue weighted by molar-refractivity contribution is 8.27. The average molecular weight is 480 g/mol. The Hall–Kier alpha value is -2.93. The SMILES string of the molecule is CC(=O)c1ccc(N2C(=O)/C(=C/c3cccc(OCc4ccc(Cl)cc4)c3)SC2=S)cc1. The van der Waals surface area contributed by atoms with Crippen LogP contribution in [0.15, 0.2) is 77.7 Å². The number of amides is 1. The molecule has 0 aliphatic carbocycles. The lowest BCUT2D eigenvalue weighted by Crippen LogP contribution is -2.27. The molecule has 1 heterocycles.